The second-order valence-electron chi connectivity index (χ2n) is 7.04. The highest BCUT2D eigenvalue weighted by Crippen LogP contribution is 2.27. The molecule has 3 atom stereocenters. The summed E-state index contributed by atoms with van der Waals surface area (Å²) >= 11 is 0. The maximum atomic E-state index is 12.5. The molecule has 4 nitrogen and oxygen atoms in total. The van der Waals surface area contributed by atoms with Crippen LogP contribution < -0.4 is 11.1 Å². The van der Waals surface area contributed by atoms with Crippen molar-refractivity contribution in [3.63, 3.8) is 0 Å². The summed E-state index contributed by atoms with van der Waals surface area (Å²) in [4.78, 5) is 14.7. The summed E-state index contributed by atoms with van der Waals surface area (Å²) < 4.78 is 0. The molecule has 1 aromatic carbocycles. The van der Waals surface area contributed by atoms with E-state index in [9.17, 15) is 4.79 Å². The van der Waals surface area contributed by atoms with Crippen LogP contribution in [0.15, 0.2) is 30.3 Å². The minimum Gasteiger partial charge on any atom is -0.350 e. The Bertz CT molecular complexity index is 506. The van der Waals surface area contributed by atoms with Crippen LogP contribution in [0.4, 0.5) is 0 Å². The molecule has 3 N–H and O–H groups in total. The van der Waals surface area contributed by atoms with Crippen molar-refractivity contribution in [1.29, 1.82) is 0 Å². The molecule has 2 rings (SSSR count). The molecule has 1 aliphatic heterocycles. The number of amides is 1. The van der Waals surface area contributed by atoms with Crippen LogP contribution >= 0.6 is 12.4 Å². The van der Waals surface area contributed by atoms with E-state index in [4.69, 9.17) is 5.73 Å². The molecule has 1 aromatic rings. The third kappa shape index (κ3) is 4.93. The molecule has 0 radical (unpaired) electrons. The first kappa shape index (κ1) is 19.9. The third-order valence-electron chi connectivity index (χ3n) is 4.89. The fraction of sp³-hybridized carbons (Fsp3) is 0.611. The molecule has 1 saturated heterocycles. The van der Waals surface area contributed by atoms with Gasteiger partial charge in [-0.3, -0.25) is 9.69 Å². The zero-order valence-electron chi connectivity index (χ0n) is 14.6. The molecule has 5 heteroatoms. The largest absolute Gasteiger partial charge is 0.350 e. The fourth-order valence-electron chi connectivity index (χ4n) is 2.92. The van der Waals surface area contributed by atoms with Crippen LogP contribution in [0, 0.1) is 0 Å². The van der Waals surface area contributed by atoms with Crippen molar-refractivity contribution in [2.45, 2.75) is 57.7 Å². The first-order chi connectivity index (χ1) is 10.3. The van der Waals surface area contributed by atoms with E-state index in [1.807, 2.05) is 25.1 Å². The van der Waals surface area contributed by atoms with Gasteiger partial charge < -0.3 is 11.1 Å². The Balaban J connectivity index is 0.00000264. The van der Waals surface area contributed by atoms with Crippen LogP contribution in [0.1, 0.15) is 45.6 Å². The van der Waals surface area contributed by atoms with Crippen molar-refractivity contribution < 1.29 is 4.79 Å². The van der Waals surface area contributed by atoms with E-state index in [-0.39, 0.29) is 35.9 Å². The van der Waals surface area contributed by atoms with E-state index in [1.54, 1.807) is 0 Å². The summed E-state index contributed by atoms with van der Waals surface area (Å²) in [7, 11) is 0. The lowest BCUT2D eigenvalue weighted by Gasteiger charge is -2.30. The molecular formula is C18H30ClN3O. The molecule has 0 bridgehead atoms. The van der Waals surface area contributed by atoms with Crippen LogP contribution in [0.3, 0.4) is 0 Å². The van der Waals surface area contributed by atoms with E-state index in [0.29, 0.717) is 5.92 Å². The molecule has 23 heavy (non-hydrogen) atoms. The standard InChI is InChI=1S/C18H29N3O.ClH/c1-5-18(3,4)20-17(22)13(2)21-11-15(16(19)12-21)14-9-7-6-8-10-14;/h6-10,13,15-16H,5,11-12,19H2,1-4H3,(H,20,22);1H/t13?,15-,16+;/m0./s1. The number of benzene rings is 1. The lowest BCUT2D eigenvalue weighted by atomic mass is 9.95. The van der Waals surface area contributed by atoms with Crippen LogP contribution in [0.5, 0.6) is 0 Å². The average Bonchev–Trinajstić information content (AvgIpc) is 2.89. The van der Waals surface area contributed by atoms with Crippen molar-refractivity contribution in [1.82, 2.24) is 10.2 Å². The zero-order valence-corrected chi connectivity index (χ0v) is 15.4. The van der Waals surface area contributed by atoms with Crippen molar-refractivity contribution in [3.05, 3.63) is 35.9 Å². The second kappa shape index (κ2) is 8.13. The molecule has 0 aliphatic carbocycles. The average molecular weight is 340 g/mol. The van der Waals surface area contributed by atoms with Crippen LogP contribution in [-0.2, 0) is 4.79 Å². The zero-order chi connectivity index (χ0) is 16.3. The number of nitrogens with one attached hydrogen (secondary N) is 1. The third-order valence-corrected chi connectivity index (χ3v) is 4.89. The summed E-state index contributed by atoms with van der Waals surface area (Å²) in [6, 6.07) is 10.3. The monoisotopic (exact) mass is 339 g/mol. The van der Waals surface area contributed by atoms with Gasteiger partial charge in [0.1, 0.15) is 0 Å². The quantitative estimate of drug-likeness (QED) is 0.866. The van der Waals surface area contributed by atoms with Gasteiger partial charge in [-0.05, 0) is 32.8 Å². The molecule has 0 aromatic heterocycles. The number of likely N-dealkylation sites (tertiary alicyclic amines) is 1. The Morgan fingerprint density at radius 2 is 1.96 bits per heavy atom. The summed E-state index contributed by atoms with van der Waals surface area (Å²) in [5.41, 5.74) is 7.42. The minimum absolute atomic E-state index is 0. The van der Waals surface area contributed by atoms with Gasteiger partial charge >= 0.3 is 0 Å². The number of carbonyl (C=O) groups is 1. The smallest absolute Gasteiger partial charge is 0.237 e. The van der Waals surface area contributed by atoms with Gasteiger partial charge in [0, 0.05) is 30.6 Å². The molecule has 130 valence electrons. The summed E-state index contributed by atoms with van der Waals surface area (Å²) in [6.45, 7) is 9.77. The molecule has 1 fully saturated rings. The Morgan fingerprint density at radius 1 is 1.35 bits per heavy atom. The summed E-state index contributed by atoms with van der Waals surface area (Å²) in [5.74, 6) is 0.392. The van der Waals surface area contributed by atoms with Crippen LogP contribution in [-0.4, -0.2) is 41.5 Å². The highest BCUT2D eigenvalue weighted by molar-refractivity contribution is 5.85. The molecule has 1 amide bonds. The van der Waals surface area contributed by atoms with Crippen molar-refractivity contribution in [3.8, 4) is 0 Å². The lowest BCUT2D eigenvalue weighted by Crippen LogP contribution is -2.51. The number of nitrogens with zero attached hydrogens (tertiary/aromatic N) is 1. The highest BCUT2D eigenvalue weighted by Gasteiger charge is 2.36. The first-order valence-electron chi connectivity index (χ1n) is 8.20. The van der Waals surface area contributed by atoms with Crippen molar-refractivity contribution in [2.75, 3.05) is 13.1 Å². The second-order valence-corrected chi connectivity index (χ2v) is 7.04. The molecule has 1 aliphatic rings. The van der Waals surface area contributed by atoms with Gasteiger partial charge in [-0.1, -0.05) is 37.3 Å². The predicted octanol–water partition coefficient (Wildman–Crippen LogP) is 2.53. The molecule has 0 saturated carbocycles. The van der Waals surface area contributed by atoms with Crippen molar-refractivity contribution in [2.24, 2.45) is 5.73 Å². The number of hydrogen-bond acceptors (Lipinski definition) is 3. The van der Waals surface area contributed by atoms with Crippen molar-refractivity contribution >= 4 is 18.3 Å². The SMILES string of the molecule is CCC(C)(C)NC(=O)C(C)N1C[C@@H](N)[C@H](c2ccccc2)C1.Cl. The van der Waals surface area contributed by atoms with Gasteiger partial charge in [0.2, 0.25) is 5.91 Å². The summed E-state index contributed by atoms with van der Waals surface area (Å²) in [6.07, 6.45) is 0.914. The number of carbonyl (C=O) groups excluding carboxylic acids is 1. The van der Waals surface area contributed by atoms with Gasteiger partial charge in [0.15, 0.2) is 0 Å². The number of hydrogen-bond donors (Lipinski definition) is 2. The maximum Gasteiger partial charge on any atom is 0.237 e. The highest BCUT2D eigenvalue weighted by atomic mass is 35.5. The minimum atomic E-state index is -0.161. The first-order valence-corrected chi connectivity index (χ1v) is 8.20. The Hall–Kier alpha value is -1.10. The fourth-order valence-corrected chi connectivity index (χ4v) is 2.92. The Morgan fingerprint density at radius 3 is 2.52 bits per heavy atom. The lowest BCUT2D eigenvalue weighted by molar-refractivity contribution is -0.127. The molecule has 0 spiro atoms. The Labute approximate surface area is 146 Å². The van der Waals surface area contributed by atoms with Gasteiger partial charge in [0.25, 0.3) is 0 Å². The molecular weight excluding hydrogens is 310 g/mol. The van der Waals surface area contributed by atoms with E-state index in [0.717, 1.165) is 19.5 Å². The van der Waals surface area contributed by atoms with Crippen LogP contribution in [0.25, 0.3) is 0 Å². The molecule has 1 heterocycles. The van der Waals surface area contributed by atoms with Crippen LogP contribution in [0.2, 0.25) is 0 Å². The van der Waals surface area contributed by atoms with E-state index in [1.165, 1.54) is 5.56 Å². The number of rotatable bonds is 5. The molecule has 1 unspecified atom stereocenters. The normalized spacial score (nSPS) is 23.2. The topological polar surface area (TPSA) is 58.4 Å². The summed E-state index contributed by atoms with van der Waals surface area (Å²) in [5, 5.41) is 3.13. The van der Waals surface area contributed by atoms with E-state index >= 15 is 0 Å². The van der Waals surface area contributed by atoms with Gasteiger partial charge in [-0.2, -0.15) is 0 Å². The van der Waals surface area contributed by atoms with E-state index < -0.39 is 0 Å². The Kier molecular flexibility index (Phi) is 7.05. The number of nitrogens with two attached hydrogens (primary N) is 1. The van der Waals surface area contributed by atoms with E-state index in [2.05, 4.69) is 43.1 Å². The number of halogens is 1. The van der Waals surface area contributed by atoms with Gasteiger partial charge in [0.05, 0.1) is 6.04 Å². The maximum absolute atomic E-state index is 12.5. The van der Waals surface area contributed by atoms with Gasteiger partial charge in [-0.25, -0.2) is 0 Å². The predicted molar refractivity (Wildman–Crippen MR) is 98.0 cm³/mol. The van der Waals surface area contributed by atoms with Gasteiger partial charge in [-0.15, -0.1) is 12.4 Å².